The average Bonchev–Trinajstić information content (AvgIpc) is 3.37. The number of carbonyl (C=O) groups is 2. The van der Waals surface area contributed by atoms with Gasteiger partial charge in [0.2, 0.25) is 5.78 Å². The number of hydrogen-bond acceptors (Lipinski definition) is 4. The van der Waals surface area contributed by atoms with Gasteiger partial charge in [0.25, 0.3) is 0 Å². The highest BCUT2D eigenvalue weighted by Crippen LogP contribution is 2.38. The molecular formula is C19H18N2O3. The summed E-state index contributed by atoms with van der Waals surface area (Å²) in [6.45, 7) is 3.64. The van der Waals surface area contributed by atoms with Crippen LogP contribution in [0.5, 0.6) is 0 Å². The van der Waals surface area contributed by atoms with Crippen molar-refractivity contribution in [1.82, 2.24) is 4.57 Å². The molecule has 2 aromatic rings. The number of carbonyl (C=O) groups excluding carboxylic acids is 2. The first kappa shape index (κ1) is 16.0. The Bertz CT molecular complexity index is 837. The summed E-state index contributed by atoms with van der Waals surface area (Å²) >= 11 is 0. The van der Waals surface area contributed by atoms with Crippen LogP contribution < -0.4 is 0 Å². The van der Waals surface area contributed by atoms with Crippen molar-refractivity contribution in [3.63, 3.8) is 0 Å². The van der Waals surface area contributed by atoms with Crippen LogP contribution in [0.15, 0.2) is 30.3 Å². The molecule has 3 rings (SSSR count). The van der Waals surface area contributed by atoms with Crippen LogP contribution in [0.4, 0.5) is 0 Å². The molecule has 0 saturated heterocycles. The fourth-order valence-corrected chi connectivity index (χ4v) is 2.93. The summed E-state index contributed by atoms with van der Waals surface area (Å²) in [5.74, 6) is -0.763. The molecule has 1 heterocycles. The fraction of sp³-hybridized carbons (Fsp3) is 0.316. The van der Waals surface area contributed by atoms with Crippen molar-refractivity contribution in [1.29, 1.82) is 5.26 Å². The molecule has 0 amide bonds. The summed E-state index contributed by atoms with van der Waals surface area (Å²) in [6, 6.07) is 10.5. The molecule has 0 N–H and O–H groups in total. The molecule has 0 spiro atoms. The Labute approximate surface area is 140 Å². The van der Waals surface area contributed by atoms with Gasteiger partial charge >= 0.3 is 5.97 Å². The van der Waals surface area contributed by atoms with Crippen molar-refractivity contribution in [3.05, 3.63) is 58.4 Å². The molecule has 0 bridgehead atoms. The molecule has 122 valence electrons. The molecule has 1 aliphatic carbocycles. The van der Waals surface area contributed by atoms with Gasteiger partial charge in [-0.05, 0) is 57.0 Å². The van der Waals surface area contributed by atoms with Crippen LogP contribution in [0, 0.1) is 25.2 Å². The SMILES string of the molecule is Cc1cc(C(=O)COC(=O)c2ccc(C#N)cc2)c(C)n1C1CC1. The van der Waals surface area contributed by atoms with Crippen molar-refractivity contribution >= 4 is 11.8 Å². The lowest BCUT2D eigenvalue weighted by Crippen LogP contribution is -2.15. The minimum Gasteiger partial charge on any atom is -0.454 e. The number of aryl methyl sites for hydroxylation is 1. The van der Waals surface area contributed by atoms with Crippen LogP contribution in [-0.4, -0.2) is 22.9 Å². The van der Waals surface area contributed by atoms with E-state index in [1.165, 1.54) is 12.1 Å². The summed E-state index contributed by atoms with van der Waals surface area (Å²) in [6.07, 6.45) is 2.30. The van der Waals surface area contributed by atoms with Gasteiger partial charge in [0, 0.05) is 23.0 Å². The molecule has 1 aromatic heterocycles. The molecule has 1 saturated carbocycles. The zero-order valence-corrected chi connectivity index (χ0v) is 13.7. The Morgan fingerprint density at radius 3 is 2.50 bits per heavy atom. The Kier molecular flexibility index (Phi) is 4.22. The number of ketones is 1. The second kappa shape index (κ2) is 6.32. The van der Waals surface area contributed by atoms with E-state index in [9.17, 15) is 9.59 Å². The number of nitrogens with zero attached hydrogens (tertiary/aromatic N) is 2. The van der Waals surface area contributed by atoms with E-state index >= 15 is 0 Å². The number of esters is 1. The van der Waals surface area contributed by atoms with Gasteiger partial charge < -0.3 is 9.30 Å². The second-order valence-corrected chi connectivity index (χ2v) is 6.07. The van der Waals surface area contributed by atoms with E-state index in [1.807, 2.05) is 26.0 Å². The average molecular weight is 322 g/mol. The fourth-order valence-electron chi connectivity index (χ4n) is 2.93. The first-order valence-corrected chi connectivity index (χ1v) is 7.90. The van der Waals surface area contributed by atoms with Gasteiger partial charge in [0.1, 0.15) is 0 Å². The van der Waals surface area contributed by atoms with E-state index in [-0.39, 0.29) is 12.4 Å². The zero-order chi connectivity index (χ0) is 17.3. The Hall–Kier alpha value is -2.87. The van der Waals surface area contributed by atoms with Gasteiger partial charge in [-0.1, -0.05) is 0 Å². The predicted molar refractivity (Wildman–Crippen MR) is 87.9 cm³/mol. The molecule has 1 aliphatic rings. The smallest absolute Gasteiger partial charge is 0.338 e. The number of nitriles is 1. The number of rotatable bonds is 5. The molecule has 1 fully saturated rings. The van der Waals surface area contributed by atoms with E-state index < -0.39 is 5.97 Å². The Morgan fingerprint density at radius 2 is 1.92 bits per heavy atom. The topological polar surface area (TPSA) is 72.1 Å². The highest BCUT2D eigenvalue weighted by atomic mass is 16.5. The van der Waals surface area contributed by atoms with Gasteiger partial charge in [-0.15, -0.1) is 0 Å². The molecule has 0 atom stereocenters. The maximum Gasteiger partial charge on any atom is 0.338 e. The molecule has 0 radical (unpaired) electrons. The quantitative estimate of drug-likeness (QED) is 0.625. The van der Waals surface area contributed by atoms with Crippen LogP contribution in [0.2, 0.25) is 0 Å². The molecule has 5 heteroatoms. The van der Waals surface area contributed by atoms with E-state index in [0.29, 0.717) is 22.7 Å². The summed E-state index contributed by atoms with van der Waals surface area (Å²) in [5.41, 5.74) is 3.42. The van der Waals surface area contributed by atoms with Crippen molar-refractivity contribution < 1.29 is 14.3 Å². The van der Waals surface area contributed by atoms with Crippen molar-refractivity contribution in [2.24, 2.45) is 0 Å². The molecule has 0 aliphatic heterocycles. The zero-order valence-electron chi connectivity index (χ0n) is 13.7. The third-order valence-electron chi connectivity index (χ3n) is 4.28. The maximum absolute atomic E-state index is 12.4. The minimum absolute atomic E-state index is 0.197. The molecule has 24 heavy (non-hydrogen) atoms. The van der Waals surface area contributed by atoms with Gasteiger partial charge in [-0.3, -0.25) is 4.79 Å². The van der Waals surface area contributed by atoms with Gasteiger partial charge in [-0.2, -0.15) is 5.26 Å². The van der Waals surface area contributed by atoms with Gasteiger partial charge in [0.05, 0.1) is 17.2 Å². The van der Waals surface area contributed by atoms with Crippen LogP contribution in [0.3, 0.4) is 0 Å². The van der Waals surface area contributed by atoms with Crippen LogP contribution >= 0.6 is 0 Å². The van der Waals surface area contributed by atoms with Crippen molar-refractivity contribution in [2.45, 2.75) is 32.7 Å². The highest BCUT2D eigenvalue weighted by molar-refractivity contribution is 6.00. The molecular weight excluding hydrogens is 304 g/mol. The normalized spacial score (nSPS) is 13.4. The minimum atomic E-state index is -0.566. The number of Topliss-reactive ketones (excluding diaryl/α,β-unsaturated/α-hetero) is 1. The Morgan fingerprint density at radius 1 is 1.25 bits per heavy atom. The molecule has 1 aromatic carbocycles. The monoisotopic (exact) mass is 322 g/mol. The van der Waals surface area contributed by atoms with E-state index in [2.05, 4.69) is 4.57 Å². The van der Waals surface area contributed by atoms with Crippen molar-refractivity contribution in [2.75, 3.05) is 6.61 Å². The van der Waals surface area contributed by atoms with Crippen LogP contribution in [0.25, 0.3) is 0 Å². The number of ether oxygens (including phenoxy) is 1. The molecule has 5 nitrogen and oxygen atoms in total. The third kappa shape index (κ3) is 3.09. The third-order valence-corrected chi connectivity index (χ3v) is 4.28. The summed E-state index contributed by atoms with van der Waals surface area (Å²) in [5, 5.41) is 8.75. The van der Waals surface area contributed by atoms with E-state index in [0.717, 1.165) is 24.2 Å². The predicted octanol–water partition coefficient (Wildman–Crippen LogP) is 3.35. The number of benzene rings is 1. The van der Waals surface area contributed by atoms with Crippen LogP contribution in [0.1, 0.15) is 56.6 Å². The largest absolute Gasteiger partial charge is 0.454 e. The Balaban J connectivity index is 1.66. The lowest BCUT2D eigenvalue weighted by molar-refractivity contribution is 0.0474. The lowest BCUT2D eigenvalue weighted by Gasteiger charge is -2.08. The number of aromatic nitrogens is 1. The van der Waals surface area contributed by atoms with Gasteiger partial charge in [-0.25, -0.2) is 4.79 Å². The molecule has 0 unspecified atom stereocenters. The summed E-state index contributed by atoms with van der Waals surface area (Å²) in [7, 11) is 0. The van der Waals surface area contributed by atoms with E-state index in [1.54, 1.807) is 12.1 Å². The summed E-state index contributed by atoms with van der Waals surface area (Å²) < 4.78 is 7.31. The lowest BCUT2D eigenvalue weighted by atomic mass is 10.1. The standard InChI is InChI=1S/C19H18N2O3/c1-12-9-17(13(2)21(12)16-7-8-16)18(22)11-24-19(23)15-5-3-14(10-20)4-6-15/h3-6,9,16H,7-8,11H2,1-2H3. The first-order chi connectivity index (χ1) is 11.5. The van der Waals surface area contributed by atoms with Gasteiger partial charge in [0.15, 0.2) is 6.61 Å². The first-order valence-electron chi connectivity index (χ1n) is 7.90. The van der Waals surface area contributed by atoms with Crippen molar-refractivity contribution in [3.8, 4) is 6.07 Å². The second-order valence-electron chi connectivity index (χ2n) is 6.07. The maximum atomic E-state index is 12.4. The van der Waals surface area contributed by atoms with Crippen LogP contribution in [-0.2, 0) is 4.74 Å². The number of hydrogen-bond donors (Lipinski definition) is 0. The highest BCUT2D eigenvalue weighted by Gasteiger charge is 2.28. The van der Waals surface area contributed by atoms with E-state index in [4.69, 9.17) is 10.00 Å². The summed E-state index contributed by atoms with van der Waals surface area (Å²) in [4.78, 5) is 24.4.